The van der Waals surface area contributed by atoms with Crippen LogP contribution in [0.1, 0.15) is 0 Å². The average molecular weight is 214 g/mol. The summed E-state index contributed by atoms with van der Waals surface area (Å²) in [6.45, 7) is 0. The van der Waals surface area contributed by atoms with Gasteiger partial charge in [0.15, 0.2) is 0 Å². The van der Waals surface area contributed by atoms with Crippen molar-refractivity contribution in [2.45, 2.75) is 0 Å². The number of nitrogens with two attached hydrogens (primary N) is 1. The van der Waals surface area contributed by atoms with Crippen molar-refractivity contribution in [2.75, 3.05) is 0 Å². The second-order valence-electron chi connectivity index (χ2n) is 3.38. The van der Waals surface area contributed by atoms with Crippen molar-refractivity contribution in [1.29, 1.82) is 0 Å². The van der Waals surface area contributed by atoms with E-state index in [1.807, 2.05) is 24.3 Å². The Bertz CT molecular complexity index is 455. The minimum atomic E-state index is -0.231. The van der Waals surface area contributed by atoms with Gasteiger partial charge in [-0.25, -0.2) is 10.3 Å². The predicted molar refractivity (Wildman–Crippen MR) is 62.5 cm³/mol. The van der Waals surface area contributed by atoms with Gasteiger partial charge in [-0.15, -0.1) is 0 Å². The van der Waals surface area contributed by atoms with E-state index in [2.05, 4.69) is 4.76 Å². The summed E-state index contributed by atoms with van der Waals surface area (Å²) in [6, 6.07) is 14.0. The highest BCUT2D eigenvalue weighted by molar-refractivity contribution is 6.46. The third-order valence-corrected chi connectivity index (χ3v) is 2.29. The molecule has 0 saturated heterocycles. The zero-order valence-corrected chi connectivity index (χ0v) is 8.56. The lowest BCUT2D eigenvalue weighted by Crippen LogP contribution is -2.20. The van der Waals surface area contributed by atoms with Crippen molar-refractivity contribution >= 4 is 12.9 Å². The van der Waals surface area contributed by atoms with Crippen LogP contribution in [0.4, 0.5) is 4.39 Å². The van der Waals surface area contributed by atoms with Gasteiger partial charge in [-0.05, 0) is 23.3 Å². The molecule has 0 atom stereocenters. The van der Waals surface area contributed by atoms with E-state index in [9.17, 15) is 4.39 Å². The molecule has 2 nitrogen and oxygen atoms in total. The zero-order valence-electron chi connectivity index (χ0n) is 8.56. The Balaban J connectivity index is 2.24. The minimum absolute atomic E-state index is 0.231. The van der Waals surface area contributed by atoms with E-state index in [0.29, 0.717) is 0 Å². The first kappa shape index (κ1) is 10.9. The molecule has 2 N–H and O–H groups in total. The fourth-order valence-corrected chi connectivity index (χ4v) is 1.48. The molecule has 79 valence electrons. The first-order valence-corrected chi connectivity index (χ1v) is 4.84. The summed E-state index contributed by atoms with van der Waals surface area (Å²) in [6.07, 6.45) is 0. The fourth-order valence-electron chi connectivity index (χ4n) is 1.48. The van der Waals surface area contributed by atoms with Gasteiger partial charge in [0.2, 0.25) is 0 Å². The molecule has 0 aliphatic carbocycles. The van der Waals surface area contributed by atoms with Gasteiger partial charge >= 0.3 is 7.48 Å². The number of hydrogen-bond donors (Lipinski definition) is 1. The molecule has 0 aromatic heterocycles. The number of halogens is 1. The van der Waals surface area contributed by atoms with Crippen LogP contribution < -0.4 is 11.4 Å². The Morgan fingerprint density at radius 1 is 0.875 bits per heavy atom. The second-order valence-corrected chi connectivity index (χ2v) is 3.38. The van der Waals surface area contributed by atoms with Crippen molar-refractivity contribution in [2.24, 2.45) is 5.90 Å². The van der Waals surface area contributed by atoms with Crippen LogP contribution in [0.2, 0.25) is 0 Å². The molecule has 1 radical (unpaired) electrons. The van der Waals surface area contributed by atoms with Crippen molar-refractivity contribution in [3.05, 3.63) is 54.3 Å². The van der Waals surface area contributed by atoms with E-state index < -0.39 is 0 Å². The van der Waals surface area contributed by atoms with Crippen molar-refractivity contribution in [3.63, 3.8) is 0 Å². The highest BCUT2D eigenvalue weighted by atomic mass is 19.1. The molecule has 0 saturated carbocycles. The van der Waals surface area contributed by atoms with Crippen LogP contribution >= 0.6 is 0 Å². The molecule has 0 heterocycles. The van der Waals surface area contributed by atoms with Crippen LogP contribution in [0.5, 0.6) is 0 Å². The molecule has 0 amide bonds. The first-order valence-electron chi connectivity index (χ1n) is 4.84. The molecule has 0 bridgehead atoms. The van der Waals surface area contributed by atoms with Gasteiger partial charge in [-0.3, -0.25) is 0 Å². The van der Waals surface area contributed by atoms with Crippen molar-refractivity contribution in [1.82, 2.24) is 0 Å². The first-order chi connectivity index (χ1) is 7.79. The van der Waals surface area contributed by atoms with Crippen LogP contribution in [0.3, 0.4) is 0 Å². The maximum Gasteiger partial charge on any atom is 0.361 e. The molecular formula is C12H10BFNO. The maximum atomic E-state index is 12.7. The Kier molecular flexibility index (Phi) is 3.34. The van der Waals surface area contributed by atoms with Crippen molar-refractivity contribution in [3.8, 4) is 11.1 Å². The molecular weight excluding hydrogens is 204 g/mol. The highest BCUT2D eigenvalue weighted by Gasteiger charge is 1.99. The fraction of sp³-hybridized carbons (Fsp3) is 0. The Hall–Kier alpha value is -1.65. The van der Waals surface area contributed by atoms with E-state index in [1.54, 1.807) is 12.1 Å². The summed E-state index contributed by atoms with van der Waals surface area (Å²) in [4.78, 5) is 0. The molecule has 4 heteroatoms. The molecule has 0 aliphatic heterocycles. The molecule has 0 unspecified atom stereocenters. The van der Waals surface area contributed by atoms with E-state index in [-0.39, 0.29) is 5.82 Å². The highest BCUT2D eigenvalue weighted by Crippen LogP contribution is 2.18. The molecule has 2 aromatic carbocycles. The summed E-state index contributed by atoms with van der Waals surface area (Å²) >= 11 is 0. The third-order valence-electron chi connectivity index (χ3n) is 2.29. The van der Waals surface area contributed by atoms with E-state index in [4.69, 9.17) is 5.90 Å². The second kappa shape index (κ2) is 4.92. The van der Waals surface area contributed by atoms with Crippen LogP contribution in [0, 0.1) is 5.82 Å². The predicted octanol–water partition coefficient (Wildman–Crippen LogP) is 1.63. The molecule has 0 aliphatic rings. The van der Waals surface area contributed by atoms with Crippen molar-refractivity contribution < 1.29 is 9.15 Å². The summed E-state index contributed by atoms with van der Waals surface area (Å²) in [5.74, 6) is 4.70. The maximum absolute atomic E-state index is 12.7. The summed E-state index contributed by atoms with van der Waals surface area (Å²) in [7, 11) is 1.45. The number of rotatable bonds is 3. The molecule has 16 heavy (non-hydrogen) atoms. The van der Waals surface area contributed by atoms with Gasteiger partial charge < -0.3 is 4.76 Å². The van der Waals surface area contributed by atoms with Gasteiger partial charge in [-0.2, -0.15) is 0 Å². The standard InChI is InChI=1S/C12H10BFNO/c14-12-7-3-10(4-8-12)9-1-5-11(6-2-9)13-16-15/h1-8H,15H2. The monoisotopic (exact) mass is 214 g/mol. The largest absolute Gasteiger partial charge is 0.365 e. The topological polar surface area (TPSA) is 35.2 Å². The van der Waals surface area contributed by atoms with Crippen LogP contribution in [-0.4, -0.2) is 7.48 Å². The number of hydrogen-bond acceptors (Lipinski definition) is 2. The minimum Gasteiger partial charge on any atom is -0.365 e. The molecule has 2 rings (SSSR count). The summed E-state index contributed by atoms with van der Waals surface area (Å²) in [5.41, 5.74) is 2.88. The van der Waals surface area contributed by atoms with E-state index in [0.717, 1.165) is 16.6 Å². The molecule has 2 aromatic rings. The summed E-state index contributed by atoms with van der Waals surface area (Å²) in [5, 5.41) is 0. The lowest BCUT2D eigenvalue weighted by molar-refractivity contribution is 0.362. The molecule has 0 fully saturated rings. The van der Waals surface area contributed by atoms with Gasteiger partial charge in [-0.1, -0.05) is 41.9 Å². The van der Waals surface area contributed by atoms with E-state index >= 15 is 0 Å². The van der Waals surface area contributed by atoms with Gasteiger partial charge in [0.25, 0.3) is 0 Å². The normalized spacial score (nSPS) is 10.1. The smallest absolute Gasteiger partial charge is 0.361 e. The summed E-state index contributed by atoms with van der Waals surface area (Å²) < 4.78 is 17.1. The Morgan fingerprint density at radius 2 is 1.38 bits per heavy atom. The SMILES string of the molecule is NO[B]c1ccc(-c2ccc(F)cc2)cc1. The number of benzene rings is 2. The van der Waals surface area contributed by atoms with Crippen LogP contribution in [0.15, 0.2) is 48.5 Å². The van der Waals surface area contributed by atoms with Crippen LogP contribution in [0.25, 0.3) is 11.1 Å². The quantitative estimate of drug-likeness (QED) is 0.622. The Morgan fingerprint density at radius 3 is 1.88 bits per heavy atom. The average Bonchev–Trinajstić information content (AvgIpc) is 2.32. The molecule has 0 spiro atoms. The third kappa shape index (κ3) is 2.48. The van der Waals surface area contributed by atoms with Gasteiger partial charge in [0.05, 0.1) is 0 Å². The zero-order chi connectivity index (χ0) is 11.4. The Labute approximate surface area is 94.1 Å². The lowest BCUT2D eigenvalue weighted by atomic mass is 9.87. The lowest BCUT2D eigenvalue weighted by Gasteiger charge is -2.02. The van der Waals surface area contributed by atoms with Gasteiger partial charge in [0.1, 0.15) is 5.82 Å². The van der Waals surface area contributed by atoms with E-state index in [1.165, 1.54) is 19.6 Å². The van der Waals surface area contributed by atoms with Gasteiger partial charge in [0, 0.05) is 0 Å². The van der Waals surface area contributed by atoms with Crippen LogP contribution in [-0.2, 0) is 4.76 Å².